The van der Waals surface area contributed by atoms with Gasteiger partial charge in [0.2, 0.25) is 10.0 Å². The first-order chi connectivity index (χ1) is 12.0. The summed E-state index contributed by atoms with van der Waals surface area (Å²) >= 11 is 0. The van der Waals surface area contributed by atoms with E-state index in [0.717, 1.165) is 45.2 Å². The van der Waals surface area contributed by atoms with E-state index in [9.17, 15) is 13.2 Å². The normalized spacial score (nSPS) is 22.7. The number of hydrogen-bond donors (Lipinski definition) is 2. The van der Waals surface area contributed by atoms with Crippen LogP contribution < -0.4 is 10.6 Å². The summed E-state index contributed by atoms with van der Waals surface area (Å²) in [5, 5.41) is 6.27. The fourth-order valence-electron chi connectivity index (χ4n) is 3.58. The number of piperidine rings is 2. The van der Waals surface area contributed by atoms with Crippen LogP contribution in [0.3, 0.4) is 0 Å². The zero-order valence-electron chi connectivity index (χ0n) is 14.8. The van der Waals surface area contributed by atoms with Gasteiger partial charge >= 0.3 is 0 Å². The third-order valence-electron chi connectivity index (χ3n) is 5.12. The molecule has 0 bridgehead atoms. The van der Waals surface area contributed by atoms with E-state index in [1.807, 2.05) is 0 Å². The van der Waals surface area contributed by atoms with Crippen LogP contribution in [0.2, 0.25) is 0 Å². The third kappa shape index (κ3) is 4.24. The Morgan fingerprint density at radius 3 is 2.72 bits per heavy atom. The molecule has 3 heterocycles. The molecule has 8 heteroatoms. The topological polar surface area (TPSA) is 83.4 Å². The molecule has 2 aliphatic rings. The number of aromatic nitrogens is 1. The Hall–Kier alpha value is -1.38. The fraction of sp³-hybridized carbons (Fsp3) is 0.706. The van der Waals surface area contributed by atoms with Crippen molar-refractivity contribution in [2.45, 2.75) is 37.0 Å². The molecule has 1 atom stereocenters. The van der Waals surface area contributed by atoms with E-state index in [-0.39, 0.29) is 10.8 Å². The van der Waals surface area contributed by atoms with E-state index in [0.29, 0.717) is 31.2 Å². The summed E-state index contributed by atoms with van der Waals surface area (Å²) in [6.07, 6.45) is 6.65. The Morgan fingerprint density at radius 1 is 1.28 bits per heavy atom. The summed E-state index contributed by atoms with van der Waals surface area (Å²) in [7, 11) is -1.80. The predicted molar refractivity (Wildman–Crippen MR) is 95.9 cm³/mol. The maximum atomic E-state index is 12.8. The van der Waals surface area contributed by atoms with Crippen molar-refractivity contribution < 1.29 is 13.2 Å². The second-order valence-electron chi connectivity index (χ2n) is 7.06. The Bertz CT molecular complexity index is 701. The molecule has 1 unspecified atom stereocenters. The van der Waals surface area contributed by atoms with Crippen LogP contribution in [0.4, 0.5) is 0 Å². The molecule has 2 saturated heterocycles. The van der Waals surface area contributed by atoms with Crippen molar-refractivity contribution in [2.75, 3.05) is 32.7 Å². The molecule has 1 aromatic heterocycles. The molecule has 0 aromatic carbocycles. The van der Waals surface area contributed by atoms with E-state index in [1.54, 1.807) is 17.8 Å². The molecule has 0 spiro atoms. The van der Waals surface area contributed by atoms with Crippen LogP contribution in [0.5, 0.6) is 0 Å². The highest BCUT2D eigenvalue weighted by Crippen LogP contribution is 2.22. The monoisotopic (exact) mass is 368 g/mol. The zero-order chi connectivity index (χ0) is 17.9. The zero-order valence-corrected chi connectivity index (χ0v) is 15.6. The van der Waals surface area contributed by atoms with Crippen LogP contribution in [-0.2, 0) is 17.1 Å². The highest BCUT2D eigenvalue weighted by atomic mass is 32.2. The number of carbonyl (C=O) groups is 1. The molecule has 0 aliphatic carbocycles. The van der Waals surface area contributed by atoms with Crippen LogP contribution in [0.25, 0.3) is 0 Å². The summed E-state index contributed by atoms with van der Waals surface area (Å²) < 4.78 is 28.6. The minimum absolute atomic E-state index is 0.210. The summed E-state index contributed by atoms with van der Waals surface area (Å²) in [6.45, 7) is 3.70. The van der Waals surface area contributed by atoms with Crippen molar-refractivity contribution in [2.24, 2.45) is 13.0 Å². The molecule has 2 fully saturated rings. The standard InChI is InChI=1S/C17H28N4O3S/c1-20-13-15(25(23,24)21-8-3-2-4-9-21)10-16(20)17(22)19-12-14-6-5-7-18-11-14/h10,13-14,18H,2-9,11-12H2,1H3,(H,19,22). The maximum absolute atomic E-state index is 12.8. The van der Waals surface area contributed by atoms with Gasteiger partial charge in [-0.05, 0) is 50.8 Å². The van der Waals surface area contributed by atoms with Crippen molar-refractivity contribution in [1.82, 2.24) is 19.5 Å². The fourth-order valence-corrected chi connectivity index (χ4v) is 5.17. The molecule has 2 aliphatic heterocycles. The lowest BCUT2D eigenvalue weighted by Crippen LogP contribution is -2.38. The van der Waals surface area contributed by atoms with Crippen LogP contribution in [0, 0.1) is 5.92 Å². The maximum Gasteiger partial charge on any atom is 0.267 e. The first kappa shape index (κ1) is 18.4. The molecular formula is C17H28N4O3S. The average Bonchev–Trinajstić information content (AvgIpc) is 3.04. The highest BCUT2D eigenvalue weighted by molar-refractivity contribution is 7.89. The minimum atomic E-state index is -3.51. The summed E-state index contributed by atoms with van der Waals surface area (Å²) in [6, 6.07) is 1.50. The van der Waals surface area contributed by atoms with Crippen LogP contribution >= 0.6 is 0 Å². The van der Waals surface area contributed by atoms with Gasteiger partial charge in [0.05, 0.1) is 0 Å². The van der Waals surface area contributed by atoms with Crippen molar-refractivity contribution >= 4 is 15.9 Å². The summed E-state index contributed by atoms with van der Waals surface area (Å²) in [4.78, 5) is 12.7. The van der Waals surface area contributed by atoms with Gasteiger partial charge in [-0.15, -0.1) is 0 Å². The van der Waals surface area contributed by atoms with E-state index in [1.165, 1.54) is 10.4 Å². The lowest BCUT2D eigenvalue weighted by Gasteiger charge is -2.25. The lowest BCUT2D eigenvalue weighted by molar-refractivity contribution is 0.0936. The van der Waals surface area contributed by atoms with Crippen LogP contribution in [0.15, 0.2) is 17.2 Å². The number of hydrogen-bond acceptors (Lipinski definition) is 4. The number of rotatable bonds is 5. The lowest BCUT2D eigenvalue weighted by atomic mass is 10.00. The molecule has 0 saturated carbocycles. The van der Waals surface area contributed by atoms with E-state index >= 15 is 0 Å². The van der Waals surface area contributed by atoms with Crippen molar-refractivity contribution in [1.29, 1.82) is 0 Å². The quantitative estimate of drug-likeness (QED) is 0.810. The SMILES string of the molecule is Cn1cc(S(=O)(=O)N2CCCCC2)cc1C(=O)NCC1CCCNC1. The van der Waals surface area contributed by atoms with Gasteiger partial charge in [-0.3, -0.25) is 4.79 Å². The van der Waals surface area contributed by atoms with Crippen LogP contribution in [-0.4, -0.2) is 55.9 Å². The van der Waals surface area contributed by atoms with Gasteiger partial charge < -0.3 is 15.2 Å². The first-order valence-corrected chi connectivity index (χ1v) is 10.6. The van der Waals surface area contributed by atoms with E-state index in [4.69, 9.17) is 0 Å². The Kier molecular flexibility index (Phi) is 5.81. The Morgan fingerprint density at radius 2 is 2.04 bits per heavy atom. The summed E-state index contributed by atoms with van der Waals surface area (Å²) in [5.41, 5.74) is 0.388. The largest absolute Gasteiger partial charge is 0.350 e. The number of amides is 1. The Labute approximate surface area is 149 Å². The molecule has 1 aromatic rings. The van der Waals surface area contributed by atoms with Gasteiger partial charge in [0.25, 0.3) is 5.91 Å². The van der Waals surface area contributed by atoms with Gasteiger partial charge in [-0.1, -0.05) is 6.42 Å². The second kappa shape index (κ2) is 7.88. The van der Waals surface area contributed by atoms with E-state index in [2.05, 4.69) is 10.6 Å². The van der Waals surface area contributed by atoms with Gasteiger partial charge in [-0.25, -0.2) is 8.42 Å². The number of nitrogens with one attached hydrogen (secondary N) is 2. The van der Waals surface area contributed by atoms with Gasteiger partial charge in [0, 0.05) is 32.9 Å². The van der Waals surface area contributed by atoms with Gasteiger partial charge in [0.1, 0.15) is 10.6 Å². The van der Waals surface area contributed by atoms with Gasteiger partial charge in [0.15, 0.2) is 0 Å². The molecule has 3 rings (SSSR count). The molecule has 1 amide bonds. The summed E-state index contributed by atoms with van der Waals surface area (Å²) in [5.74, 6) is 0.225. The minimum Gasteiger partial charge on any atom is -0.350 e. The van der Waals surface area contributed by atoms with E-state index < -0.39 is 10.0 Å². The first-order valence-electron chi connectivity index (χ1n) is 9.14. The van der Waals surface area contributed by atoms with Crippen LogP contribution in [0.1, 0.15) is 42.6 Å². The molecule has 2 N–H and O–H groups in total. The predicted octanol–water partition coefficient (Wildman–Crippen LogP) is 0.929. The molecule has 0 radical (unpaired) electrons. The third-order valence-corrected chi connectivity index (χ3v) is 6.98. The number of nitrogens with zero attached hydrogens (tertiary/aromatic N) is 2. The smallest absolute Gasteiger partial charge is 0.267 e. The Balaban J connectivity index is 1.67. The molecule has 25 heavy (non-hydrogen) atoms. The number of aryl methyl sites for hydroxylation is 1. The highest BCUT2D eigenvalue weighted by Gasteiger charge is 2.28. The molecule has 140 valence electrons. The van der Waals surface area contributed by atoms with Crippen molar-refractivity contribution in [3.8, 4) is 0 Å². The van der Waals surface area contributed by atoms with Gasteiger partial charge in [-0.2, -0.15) is 4.31 Å². The van der Waals surface area contributed by atoms with Crippen molar-refractivity contribution in [3.63, 3.8) is 0 Å². The molecular weight excluding hydrogens is 340 g/mol. The average molecular weight is 369 g/mol. The molecule has 7 nitrogen and oxygen atoms in total. The number of sulfonamides is 1. The van der Waals surface area contributed by atoms with Crippen molar-refractivity contribution in [3.05, 3.63) is 18.0 Å². The number of carbonyl (C=O) groups excluding carboxylic acids is 1. The second-order valence-corrected chi connectivity index (χ2v) is 9.00.